The molecule has 6 bridgehead atoms. The van der Waals surface area contributed by atoms with Crippen LogP contribution in [0, 0.1) is 11.3 Å². The van der Waals surface area contributed by atoms with Gasteiger partial charge in [-0.3, -0.25) is 38.9 Å². The topological polar surface area (TPSA) is 187 Å². The van der Waals surface area contributed by atoms with E-state index in [2.05, 4.69) is 59.6 Å². The summed E-state index contributed by atoms with van der Waals surface area (Å²) in [6.45, 7) is 17.2. The van der Waals surface area contributed by atoms with E-state index in [0.29, 0.717) is 43.5 Å². The van der Waals surface area contributed by atoms with Gasteiger partial charge in [0.1, 0.15) is 29.9 Å². The number of amides is 4. The van der Waals surface area contributed by atoms with Gasteiger partial charge in [0.15, 0.2) is 0 Å². The zero-order chi connectivity index (χ0) is 48.5. The first-order valence-electron chi connectivity index (χ1n) is 23.6. The Morgan fingerprint density at radius 1 is 1.06 bits per heavy atom. The van der Waals surface area contributed by atoms with Gasteiger partial charge in [-0.1, -0.05) is 39.8 Å². The number of pyridine rings is 1. The minimum atomic E-state index is -1.18. The maximum absolute atomic E-state index is 14.7. The lowest BCUT2D eigenvalue weighted by molar-refractivity contribution is -0.155. The molecule has 16 nitrogen and oxygen atoms in total. The molecule has 0 aliphatic carbocycles. The maximum Gasteiger partial charge on any atom is 0.324 e. The monoisotopic (exact) mass is 921 g/mol. The Labute approximate surface area is 393 Å². The van der Waals surface area contributed by atoms with Crippen LogP contribution >= 0.6 is 0 Å². The minimum absolute atomic E-state index is 0.0182. The number of nitrogens with zero attached hydrogens (tertiary/aromatic N) is 5. The van der Waals surface area contributed by atoms with Crippen LogP contribution in [-0.2, 0) is 52.8 Å². The third-order valence-electron chi connectivity index (χ3n) is 13.4. The summed E-state index contributed by atoms with van der Waals surface area (Å²) in [6, 6.07) is 12.3. The lowest BCUT2D eigenvalue weighted by Gasteiger charge is -2.36. The third kappa shape index (κ3) is 10.7. The molecule has 2 aromatic heterocycles. The average molecular weight is 921 g/mol. The Hall–Kier alpha value is -5.84. The number of aryl methyl sites for hydroxylation is 1. The van der Waals surface area contributed by atoms with Gasteiger partial charge < -0.3 is 34.7 Å². The van der Waals surface area contributed by atoms with Crippen LogP contribution in [0.4, 0.5) is 0 Å². The van der Waals surface area contributed by atoms with Gasteiger partial charge in [0.25, 0.3) is 5.91 Å². The van der Waals surface area contributed by atoms with E-state index in [1.54, 1.807) is 25.4 Å². The first kappa shape index (κ1) is 49.1. The molecule has 360 valence electrons. The number of carbonyl (C=O) groups is 5. The SMILES string of the molecule is CCn1c(-c2cccnc2[C@H](C)OC)c2c3cc(ccc31)-c1cc(O)cc(c1)C[C@H](NC(=O)C(C(C)C)N(C)C(=O)CNC(=O)[C@@H]1CN1C(C)C)C(=O)N1CCC[C@H](N1)C(=O)OCC(C)(C)C2. The van der Waals surface area contributed by atoms with Gasteiger partial charge in [-0.15, -0.1) is 0 Å². The molecule has 16 heteroatoms. The smallest absolute Gasteiger partial charge is 0.324 e. The van der Waals surface area contributed by atoms with Gasteiger partial charge in [-0.2, -0.15) is 0 Å². The number of hydrogen-bond acceptors (Lipinski definition) is 11. The zero-order valence-corrected chi connectivity index (χ0v) is 40.6. The second-order valence-corrected chi connectivity index (χ2v) is 19.8. The molecule has 2 fully saturated rings. The second kappa shape index (κ2) is 20.2. The molecule has 0 spiro atoms. The van der Waals surface area contributed by atoms with Crippen molar-refractivity contribution in [1.82, 2.24) is 40.4 Å². The number of aromatic nitrogens is 2. The molecule has 4 aromatic rings. The number of cyclic esters (lactones) is 1. The van der Waals surface area contributed by atoms with Crippen molar-refractivity contribution in [3.63, 3.8) is 0 Å². The van der Waals surface area contributed by atoms with Crippen molar-refractivity contribution in [2.45, 2.75) is 124 Å². The Kier molecular flexibility index (Phi) is 14.8. The predicted molar refractivity (Wildman–Crippen MR) is 255 cm³/mol. The highest BCUT2D eigenvalue weighted by Gasteiger charge is 2.42. The molecule has 5 heterocycles. The standard InChI is InChI=1S/C51H68N8O8/c1-11-57-41-17-16-33-24-37(41)38(46(57)36-14-12-18-52-44(36)31(6)66-10)25-51(7,8)28-67-50(65)39-15-13-19-59(55-39)49(64)40(22-32-20-34(33)23-35(60)21-32)54-48(63)45(29(2)3)56(9)43(61)26-53-47(62)42-27-58(42)30(4)5/h12,14,16-18,20-21,23-24,29-31,39-40,42,45,55,60H,11,13,15,19,22,25-28H2,1-10H3,(H,53,62)(H,54,63)/t31-,39-,40-,42-,45?,58?/m0/s1. The van der Waals surface area contributed by atoms with E-state index in [9.17, 15) is 29.1 Å². The number of hydrazine groups is 1. The van der Waals surface area contributed by atoms with E-state index in [1.165, 1.54) is 17.0 Å². The van der Waals surface area contributed by atoms with E-state index in [4.69, 9.17) is 14.5 Å². The molecule has 0 saturated carbocycles. The van der Waals surface area contributed by atoms with Gasteiger partial charge in [0, 0.05) is 74.3 Å². The highest BCUT2D eigenvalue weighted by atomic mass is 16.5. The van der Waals surface area contributed by atoms with Gasteiger partial charge in [-0.05, 0) is 112 Å². The van der Waals surface area contributed by atoms with E-state index in [-0.39, 0.29) is 61.9 Å². The number of aromatic hydroxyl groups is 1. The quantitative estimate of drug-likeness (QED) is 0.109. The summed E-state index contributed by atoms with van der Waals surface area (Å²) in [7, 11) is 3.19. The van der Waals surface area contributed by atoms with Crippen molar-refractivity contribution >= 4 is 40.5 Å². The molecule has 67 heavy (non-hydrogen) atoms. The maximum atomic E-state index is 14.7. The molecule has 6 atom stereocenters. The first-order valence-corrected chi connectivity index (χ1v) is 23.6. The third-order valence-corrected chi connectivity index (χ3v) is 13.4. The average Bonchev–Trinajstić information content (AvgIpc) is 4.06. The van der Waals surface area contributed by atoms with Crippen molar-refractivity contribution in [3.05, 3.63) is 71.5 Å². The fourth-order valence-corrected chi connectivity index (χ4v) is 9.77. The largest absolute Gasteiger partial charge is 0.508 e. The van der Waals surface area contributed by atoms with Crippen molar-refractivity contribution in [2.24, 2.45) is 11.3 Å². The van der Waals surface area contributed by atoms with Crippen LogP contribution in [0.1, 0.15) is 91.2 Å². The van der Waals surface area contributed by atoms with Crippen molar-refractivity contribution in [1.29, 1.82) is 0 Å². The Bertz CT molecular complexity index is 2520. The molecule has 4 amide bonds. The van der Waals surface area contributed by atoms with Crippen LogP contribution in [-0.4, -0.2) is 130 Å². The van der Waals surface area contributed by atoms with Crippen LogP contribution < -0.4 is 16.1 Å². The van der Waals surface area contributed by atoms with Gasteiger partial charge in [-0.25, -0.2) is 5.43 Å². The van der Waals surface area contributed by atoms with Gasteiger partial charge >= 0.3 is 5.97 Å². The number of hydrogen-bond donors (Lipinski definition) is 4. The molecule has 2 saturated heterocycles. The number of ether oxygens (including phenoxy) is 2. The molecule has 3 aliphatic heterocycles. The number of carbonyl (C=O) groups excluding carboxylic acids is 5. The number of fused-ring (bicyclic) bond motifs is 6. The number of benzene rings is 2. The molecule has 4 N–H and O–H groups in total. The summed E-state index contributed by atoms with van der Waals surface area (Å²) >= 11 is 0. The lowest BCUT2D eigenvalue weighted by atomic mass is 9.84. The zero-order valence-electron chi connectivity index (χ0n) is 40.6. The Morgan fingerprint density at radius 2 is 1.82 bits per heavy atom. The van der Waals surface area contributed by atoms with E-state index in [0.717, 1.165) is 39.0 Å². The fourth-order valence-electron chi connectivity index (χ4n) is 9.77. The van der Waals surface area contributed by atoms with Crippen LogP contribution in [0.3, 0.4) is 0 Å². The number of phenolic OH excluding ortho intramolecular Hbond substituents is 1. The first-order chi connectivity index (χ1) is 31.8. The summed E-state index contributed by atoms with van der Waals surface area (Å²) in [5.74, 6) is -2.63. The van der Waals surface area contributed by atoms with Crippen LogP contribution in [0.5, 0.6) is 5.75 Å². The highest BCUT2D eigenvalue weighted by Crippen LogP contribution is 2.42. The normalized spacial score (nSPS) is 21.6. The summed E-state index contributed by atoms with van der Waals surface area (Å²) in [5.41, 5.74) is 9.48. The van der Waals surface area contributed by atoms with Crippen molar-refractivity contribution < 1.29 is 38.6 Å². The molecule has 7 rings (SSSR count). The van der Waals surface area contributed by atoms with Crippen LogP contribution in [0.2, 0.25) is 0 Å². The van der Waals surface area contributed by atoms with E-state index >= 15 is 0 Å². The minimum Gasteiger partial charge on any atom is -0.508 e. The highest BCUT2D eigenvalue weighted by molar-refractivity contribution is 5.96. The Morgan fingerprint density at radius 3 is 2.51 bits per heavy atom. The van der Waals surface area contributed by atoms with Crippen LogP contribution in [0.15, 0.2) is 54.7 Å². The second-order valence-electron chi connectivity index (χ2n) is 19.8. The molecule has 3 aliphatic rings. The van der Waals surface area contributed by atoms with Crippen molar-refractivity contribution in [2.75, 3.05) is 40.4 Å². The lowest BCUT2D eigenvalue weighted by Crippen LogP contribution is -2.62. The Balaban J connectivity index is 1.27. The summed E-state index contributed by atoms with van der Waals surface area (Å²) in [6.07, 6.45) is 2.94. The summed E-state index contributed by atoms with van der Waals surface area (Å²) < 4.78 is 14.2. The van der Waals surface area contributed by atoms with Crippen molar-refractivity contribution in [3.8, 4) is 28.1 Å². The van der Waals surface area contributed by atoms with E-state index in [1.807, 2.05) is 57.7 Å². The number of likely N-dealkylation sites (N-methyl/N-ethyl adjacent to an activating group) is 1. The predicted octanol–water partition coefficient (Wildman–Crippen LogP) is 5.14. The number of rotatable bonds is 12. The number of phenols is 1. The molecular weight excluding hydrogens is 853 g/mol. The molecule has 0 radical (unpaired) electrons. The number of methoxy groups -OCH3 is 1. The van der Waals surface area contributed by atoms with Gasteiger partial charge in [0.2, 0.25) is 17.7 Å². The van der Waals surface area contributed by atoms with Gasteiger partial charge in [0.05, 0.1) is 30.6 Å². The fraction of sp³-hybridized carbons (Fsp3) is 0.529. The number of nitrogens with one attached hydrogen (secondary N) is 3. The van der Waals surface area contributed by atoms with E-state index < -0.39 is 47.2 Å². The molecule has 2 aromatic carbocycles. The number of esters is 1. The molecule has 2 unspecified atom stereocenters. The summed E-state index contributed by atoms with van der Waals surface area (Å²) in [4.78, 5) is 77.5. The van der Waals surface area contributed by atoms with Crippen LogP contribution in [0.25, 0.3) is 33.3 Å². The molecular formula is C51H68N8O8. The summed E-state index contributed by atoms with van der Waals surface area (Å²) in [5, 5.41) is 19.4.